The molecule has 0 unspecified atom stereocenters. The maximum absolute atomic E-state index is 13.8. The monoisotopic (exact) mass is 349 g/mol. The van der Waals surface area contributed by atoms with Crippen LogP contribution in [0.1, 0.15) is 36.8 Å². The molecule has 1 amide bonds. The lowest BCUT2D eigenvalue weighted by atomic mass is 10.1. The van der Waals surface area contributed by atoms with E-state index in [1.165, 1.54) is 4.68 Å². The van der Waals surface area contributed by atoms with Gasteiger partial charge in [0.2, 0.25) is 5.91 Å². The summed E-state index contributed by atoms with van der Waals surface area (Å²) in [6.07, 6.45) is 4.80. The molecular formula is C18H21F2N3O2. The summed E-state index contributed by atoms with van der Waals surface area (Å²) in [5.41, 5.74) is 0.945. The van der Waals surface area contributed by atoms with Gasteiger partial charge in [-0.25, -0.2) is 13.5 Å². The molecule has 7 heteroatoms. The highest BCUT2D eigenvalue weighted by molar-refractivity contribution is 5.90. The molecule has 0 bridgehead atoms. The Hall–Kier alpha value is -2.28. The molecule has 1 saturated heterocycles. The minimum atomic E-state index is -0.512. The van der Waals surface area contributed by atoms with E-state index in [2.05, 4.69) is 10.4 Å². The molecule has 1 aromatic heterocycles. The number of amides is 1. The molecule has 1 aromatic carbocycles. The van der Waals surface area contributed by atoms with E-state index in [4.69, 9.17) is 4.74 Å². The summed E-state index contributed by atoms with van der Waals surface area (Å²) < 4.78 is 34.2. The Balaban J connectivity index is 1.66. The highest BCUT2D eigenvalue weighted by Gasteiger charge is 2.18. The zero-order valence-corrected chi connectivity index (χ0v) is 14.1. The summed E-state index contributed by atoms with van der Waals surface area (Å²) in [5, 5.41) is 6.99. The van der Waals surface area contributed by atoms with Gasteiger partial charge < -0.3 is 10.1 Å². The first-order valence-electron chi connectivity index (χ1n) is 8.40. The van der Waals surface area contributed by atoms with Gasteiger partial charge in [-0.3, -0.25) is 4.79 Å². The third kappa shape index (κ3) is 4.42. The van der Waals surface area contributed by atoms with Crippen molar-refractivity contribution in [1.29, 1.82) is 0 Å². The minimum absolute atomic E-state index is 0.0405. The molecule has 2 aromatic rings. The molecule has 3 rings (SSSR count). The van der Waals surface area contributed by atoms with Crippen LogP contribution in [0.25, 0.3) is 0 Å². The summed E-state index contributed by atoms with van der Waals surface area (Å²) in [7, 11) is 0. The molecule has 1 aliphatic rings. The second kappa shape index (κ2) is 7.74. The fraction of sp³-hybridized carbons (Fsp3) is 0.444. The number of carbonyl (C=O) groups is 1. The smallest absolute Gasteiger partial charge is 0.225 e. The molecule has 25 heavy (non-hydrogen) atoms. The van der Waals surface area contributed by atoms with Crippen molar-refractivity contribution < 1.29 is 18.3 Å². The Morgan fingerprint density at radius 1 is 1.44 bits per heavy atom. The van der Waals surface area contributed by atoms with Gasteiger partial charge in [-0.1, -0.05) is 0 Å². The van der Waals surface area contributed by atoms with Crippen LogP contribution in [0.2, 0.25) is 0 Å². The van der Waals surface area contributed by atoms with Gasteiger partial charge in [0.05, 0.1) is 18.8 Å². The van der Waals surface area contributed by atoms with Crippen molar-refractivity contribution in [2.75, 3.05) is 11.9 Å². The lowest BCUT2D eigenvalue weighted by Gasteiger charge is -2.12. The maximum Gasteiger partial charge on any atom is 0.225 e. The summed E-state index contributed by atoms with van der Waals surface area (Å²) >= 11 is 0. The number of nitrogens with one attached hydrogen (secondary N) is 1. The minimum Gasteiger partial charge on any atom is -0.378 e. The Bertz CT molecular complexity index is 755. The van der Waals surface area contributed by atoms with Crippen LogP contribution < -0.4 is 5.32 Å². The van der Waals surface area contributed by atoms with Gasteiger partial charge in [-0.15, -0.1) is 0 Å². The molecule has 0 radical (unpaired) electrons. The first-order valence-corrected chi connectivity index (χ1v) is 8.40. The number of hydrogen-bond acceptors (Lipinski definition) is 3. The van der Waals surface area contributed by atoms with Gasteiger partial charge in [0.1, 0.15) is 17.5 Å². The lowest BCUT2D eigenvalue weighted by molar-refractivity contribution is -0.116. The van der Waals surface area contributed by atoms with E-state index >= 15 is 0 Å². The molecule has 0 spiro atoms. The molecule has 0 saturated carbocycles. The van der Waals surface area contributed by atoms with Crippen LogP contribution in [0, 0.1) is 18.6 Å². The first-order chi connectivity index (χ1) is 12.0. The van der Waals surface area contributed by atoms with Crippen molar-refractivity contribution in [2.45, 2.75) is 45.3 Å². The van der Waals surface area contributed by atoms with Crippen LogP contribution in [0.4, 0.5) is 14.6 Å². The van der Waals surface area contributed by atoms with Crippen LogP contribution >= 0.6 is 0 Å². The standard InChI is InChI=1S/C18H21F2N3O2/c1-12-10-21-23(11-13-9-14(19)4-6-16(13)20)18(12)22-17(24)7-5-15-3-2-8-25-15/h4,6,9-10,15H,2-3,5,7-8,11H2,1H3,(H,22,24)/t15-/m0/s1. The van der Waals surface area contributed by atoms with Crippen LogP contribution in [0.3, 0.4) is 0 Å². The van der Waals surface area contributed by atoms with Gasteiger partial charge >= 0.3 is 0 Å². The van der Waals surface area contributed by atoms with E-state index in [9.17, 15) is 13.6 Å². The summed E-state index contributed by atoms with van der Waals surface area (Å²) in [4.78, 5) is 12.2. The number of anilines is 1. The molecule has 1 aliphatic heterocycles. The molecule has 1 N–H and O–H groups in total. The van der Waals surface area contributed by atoms with Crippen LogP contribution in [0.15, 0.2) is 24.4 Å². The number of nitrogens with zero attached hydrogens (tertiary/aromatic N) is 2. The van der Waals surface area contributed by atoms with Crippen LogP contribution in [-0.2, 0) is 16.1 Å². The van der Waals surface area contributed by atoms with Crippen molar-refractivity contribution >= 4 is 11.7 Å². The average molecular weight is 349 g/mol. The molecule has 0 aliphatic carbocycles. The number of aromatic nitrogens is 2. The van der Waals surface area contributed by atoms with Gasteiger partial charge in [0.15, 0.2) is 0 Å². The Labute approximate surface area is 145 Å². The number of aryl methyl sites for hydroxylation is 1. The average Bonchev–Trinajstić information content (AvgIpc) is 3.21. The largest absolute Gasteiger partial charge is 0.378 e. The Kier molecular flexibility index (Phi) is 5.43. The molecule has 1 fully saturated rings. The molecular weight excluding hydrogens is 328 g/mol. The van der Waals surface area contributed by atoms with Crippen molar-refractivity contribution in [3.8, 4) is 0 Å². The number of hydrogen-bond donors (Lipinski definition) is 1. The predicted octanol–water partition coefficient (Wildman–Crippen LogP) is 3.42. The molecule has 1 atom stereocenters. The number of carbonyl (C=O) groups excluding carboxylic acids is 1. The molecule has 134 valence electrons. The third-order valence-corrected chi connectivity index (χ3v) is 4.33. The highest BCUT2D eigenvalue weighted by atomic mass is 19.1. The summed E-state index contributed by atoms with van der Waals surface area (Å²) in [5.74, 6) is -0.659. The maximum atomic E-state index is 13.8. The van der Waals surface area contributed by atoms with Gasteiger partial charge in [0, 0.05) is 24.2 Å². The zero-order valence-electron chi connectivity index (χ0n) is 14.1. The number of ether oxygens (including phenoxy) is 1. The van der Waals surface area contributed by atoms with E-state index in [-0.39, 0.29) is 24.1 Å². The SMILES string of the molecule is Cc1cnn(Cc2cc(F)ccc2F)c1NC(=O)CC[C@@H]1CCCO1. The van der Waals surface area contributed by atoms with Crippen molar-refractivity contribution in [3.05, 3.63) is 47.2 Å². The second-order valence-electron chi connectivity index (χ2n) is 6.29. The van der Waals surface area contributed by atoms with Crippen molar-refractivity contribution in [1.82, 2.24) is 9.78 Å². The molecule has 2 heterocycles. The van der Waals surface area contributed by atoms with E-state index < -0.39 is 11.6 Å². The summed E-state index contributed by atoms with van der Waals surface area (Å²) in [6.45, 7) is 2.61. The summed E-state index contributed by atoms with van der Waals surface area (Å²) in [6, 6.07) is 3.29. The lowest BCUT2D eigenvalue weighted by Crippen LogP contribution is -2.19. The topological polar surface area (TPSA) is 56.2 Å². The first kappa shape index (κ1) is 17.5. The number of rotatable bonds is 6. The van der Waals surface area contributed by atoms with E-state index in [0.29, 0.717) is 18.7 Å². The predicted molar refractivity (Wildman–Crippen MR) is 89.3 cm³/mol. The van der Waals surface area contributed by atoms with Gasteiger partial charge in [0.25, 0.3) is 0 Å². The van der Waals surface area contributed by atoms with Crippen LogP contribution in [-0.4, -0.2) is 28.4 Å². The normalized spacial score (nSPS) is 17.0. The van der Waals surface area contributed by atoms with Crippen molar-refractivity contribution in [2.24, 2.45) is 0 Å². The van der Waals surface area contributed by atoms with Gasteiger partial charge in [-0.2, -0.15) is 5.10 Å². The second-order valence-corrected chi connectivity index (χ2v) is 6.29. The van der Waals surface area contributed by atoms with Crippen molar-refractivity contribution in [3.63, 3.8) is 0 Å². The number of benzene rings is 1. The fourth-order valence-corrected chi connectivity index (χ4v) is 2.95. The third-order valence-electron chi connectivity index (χ3n) is 4.33. The Morgan fingerprint density at radius 2 is 2.28 bits per heavy atom. The van der Waals surface area contributed by atoms with E-state index in [0.717, 1.165) is 43.2 Å². The van der Waals surface area contributed by atoms with E-state index in [1.54, 1.807) is 13.1 Å². The quantitative estimate of drug-likeness (QED) is 0.869. The molecule has 5 nitrogen and oxygen atoms in total. The van der Waals surface area contributed by atoms with Crippen LogP contribution in [0.5, 0.6) is 0 Å². The van der Waals surface area contributed by atoms with E-state index in [1.807, 2.05) is 0 Å². The zero-order chi connectivity index (χ0) is 17.8. The fourth-order valence-electron chi connectivity index (χ4n) is 2.95. The highest BCUT2D eigenvalue weighted by Crippen LogP contribution is 2.20. The Morgan fingerprint density at radius 3 is 3.04 bits per heavy atom. The van der Waals surface area contributed by atoms with Gasteiger partial charge in [-0.05, 0) is 44.4 Å². The number of halogens is 2.